The van der Waals surface area contributed by atoms with Crippen molar-refractivity contribution in [2.45, 2.75) is 39.3 Å². The van der Waals surface area contributed by atoms with Crippen LogP contribution in [0.4, 0.5) is 0 Å². The number of hydrogen-bond acceptors (Lipinski definition) is 3. The van der Waals surface area contributed by atoms with Crippen LogP contribution in [0, 0.1) is 0 Å². The fourth-order valence-corrected chi connectivity index (χ4v) is 1.59. The molecule has 5 heteroatoms. The lowest BCUT2D eigenvalue weighted by atomic mass is 10.2. The Morgan fingerprint density at radius 2 is 2.00 bits per heavy atom. The first kappa shape index (κ1) is 12.7. The molecule has 1 heterocycles. The summed E-state index contributed by atoms with van der Waals surface area (Å²) in [6.07, 6.45) is 4.71. The molecule has 0 unspecified atom stereocenters. The summed E-state index contributed by atoms with van der Waals surface area (Å²) < 4.78 is 2.76. The average molecular weight is 225 g/mol. The van der Waals surface area contributed by atoms with E-state index in [1.807, 2.05) is 0 Å². The second kappa shape index (κ2) is 6.27. The third-order valence-corrected chi connectivity index (χ3v) is 2.49. The molecule has 1 aromatic rings. The molecule has 0 radical (unpaired) electrons. The van der Waals surface area contributed by atoms with Gasteiger partial charge in [-0.3, -0.25) is 9.36 Å². The minimum absolute atomic E-state index is 0.256. The summed E-state index contributed by atoms with van der Waals surface area (Å²) >= 11 is 0. The first-order valence-corrected chi connectivity index (χ1v) is 5.71. The van der Waals surface area contributed by atoms with Crippen LogP contribution in [0.1, 0.15) is 26.2 Å². The van der Waals surface area contributed by atoms with Crippen LogP contribution in [-0.4, -0.2) is 15.7 Å². The largest absolute Gasteiger partial charge is 0.331 e. The van der Waals surface area contributed by atoms with Crippen LogP contribution in [0.3, 0.4) is 0 Å². The van der Waals surface area contributed by atoms with Crippen molar-refractivity contribution in [1.29, 1.82) is 0 Å². The van der Waals surface area contributed by atoms with Gasteiger partial charge in [-0.1, -0.05) is 19.8 Å². The van der Waals surface area contributed by atoms with Crippen molar-refractivity contribution in [2.75, 3.05) is 6.54 Å². The van der Waals surface area contributed by atoms with Crippen LogP contribution >= 0.6 is 0 Å². The molecule has 0 amide bonds. The predicted octanol–water partition coefficient (Wildman–Crippen LogP) is 0.159. The smallest absolute Gasteiger partial charge is 0.329 e. The number of aromatic nitrogens is 2. The minimum Gasteiger partial charge on any atom is -0.329 e. The van der Waals surface area contributed by atoms with Gasteiger partial charge in [0.15, 0.2) is 0 Å². The van der Waals surface area contributed by atoms with E-state index >= 15 is 0 Å². The van der Waals surface area contributed by atoms with Crippen LogP contribution in [0.2, 0.25) is 0 Å². The fourth-order valence-electron chi connectivity index (χ4n) is 1.59. The minimum atomic E-state index is -0.276. The Kier molecular flexibility index (Phi) is 4.98. The fraction of sp³-hybridized carbons (Fsp3) is 0.636. The Balaban J connectivity index is 2.90. The van der Waals surface area contributed by atoms with Crippen molar-refractivity contribution in [1.82, 2.24) is 9.13 Å². The Hall–Kier alpha value is -1.36. The molecule has 0 spiro atoms. The van der Waals surface area contributed by atoms with Gasteiger partial charge in [-0.2, -0.15) is 0 Å². The second-order valence-corrected chi connectivity index (χ2v) is 3.78. The summed E-state index contributed by atoms with van der Waals surface area (Å²) in [4.78, 5) is 23.3. The lowest BCUT2D eigenvalue weighted by molar-refractivity contribution is 0.526. The van der Waals surface area contributed by atoms with Crippen LogP contribution in [0.15, 0.2) is 21.9 Å². The van der Waals surface area contributed by atoms with Crippen molar-refractivity contribution >= 4 is 0 Å². The standard InChI is InChI=1S/C11H19N3O2/c1-2-3-4-7-13-8-5-10(15)14(9-6-12)11(13)16/h5,8H,2-4,6-7,9,12H2,1H3. The van der Waals surface area contributed by atoms with E-state index in [0.29, 0.717) is 13.1 Å². The van der Waals surface area contributed by atoms with E-state index < -0.39 is 0 Å². The van der Waals surface area contributed by atoms with E-state index in [4.69, 9.17) is 5.73 Å². The molecule has 0 aromatic carbocycles. The van der Waals surface area contributed by atoms with Crippen molar-refractivity contribution < 1.29 is 0 Å². The molecule has 90 valence electrons. The van der Waals surface area contributed by atoms with Gasteiger partial charge in [0.05, 0.1) is 0 Å². The second-order valence-electron chi connectivity index (χ2n) is 3.78. The van der Waals surface area contributed by atoms with Gasteiger partial charge in [-0.25, -0.2) is 4.79 Å². The van der Waals surface area contributed by atoms with Crippen LogP contribution in [-0.2, 0) is 13.1 Å². The predicted molar refractivity (Wildman–Crippen MR) is 63.5 cm³/mol. The highest BCUT2D eigenvalue weighted by Crippen LogP contribution is 1.95. The summed E-state index contributed by atoms with van der Waals surface area (Å²) in [6.45, 7) is 3.36. The Bertz CT molecular complexity index is 434. The van der Waals surface area contributed by atoms with Crippen molar-refractivity contribution in [3.8, 4) is 0 Å². The van der Waals surface area contributed by atoms with E-state index in [-0.39, 0.29) is 17.8 Å². The van der Waals surface area contributed by atoms with Crippen molar-refractivity contribution in [2.24, 2.45) is 5.73 Å². The molecular formula is C11H19N3O2. The molecule has 2 N–H and O–H groups in total. The van der Waals surface area contributed by atoms with Crippen LogP contribution < -0.4 is 17.0 Å². The third kappa shape index (κ3) is 3.06. The van der Waals surface area contributed by atoms with E-state index in [0.717, 1.165) is 19.3 Å². The van der Waals surface area contributed by atoms with Crippen LogP contribution in [0.25, 0.3) is 0 Å². The van der Waals surface area contributed by atoms with Gasteiger partial charge in [-0.05, 0) is 6.42 Å². The molecule has 0 atom stereocenters. The number of hydrogen-bond donors (Lipinski definition) is 1. The SMILES string of the molecule is CCCCCn1ccc(=O)n(CCN)c1=O. The van der Waals surface area contributed by atoms with Gasteiger partial charge in [0.25, 0.3) is 5.56 Å². The molecule has 0 saturated heterocycles. The molecule has 0 aliphatic rings. The molecule has 5 nitrogen and oxygen atoms in total. The number of aryl methyl sites for hydroxylation is 1. The quantitative estimate of drug-likeness (QED) is 0.701. The lowest BCUT2D eigenvalue weighted by Crippen LogP contribution is -2.40. The number of nitrogens with zero attached hydrogens (tertiary/aromatic N) is 2. The normalized spacial score (nSPS) is 10.6. The average Bonchev–Trinajstić information content (AvgIpc) is 2.28. The summed E-state index contributed by atoms with van der Waals surface area (Å²) in [5, 5.41) is 0. The zero-order chi connectivity index (χ0) is 12.0. The number of rotatable bonds is 6. The first-order valence-electron chi connectivity index (χ1n) is 5.71. The molecule has 1 rings (SSSR count). The molecule has 0 aliphatic heterocycles. The molecule has 0 bridgehead atoms. The topological polar surface area (TPSA) is 70.0 Å². The van der Waals surface area contributed by atoms with Crippen LogP contribution in [0.5, 0.6) is 0 Å². The highest BCUT2D eigenvalue weighted by Gasteiger charge is 2.03. The van der Waals surface area contributed by atoms with E-state index in [9.17, 15) is 9.59 Å². The van der Waals surface area contributed by atoms with Crippen molar-refractivity contribution in [3.63, 3.8) is 0 Å². The highest BCUT2D eigenvalue weighted by molar-refractivity contribution is 4.86. The zero-order valence-electron chi connectivity index (χ0n) is 9.69. The monoisotopic (exact) mass is 225 g/mol. The van der Waals surface area contributed by atoms with Gasteiger partial charge < -0.3 is 10.3 Å². The maximum atomic E-state index is 11.8. The highest BCUT2D eigenvalue weighted by atomic mass is 16.2. The van der Waals surface area contributed by atoms with Crippen molar-refractivity contribution in [3.05, 3.63) is 33.1 Å². The summed E-state index contributed by atoms with van der Waals surface area (Å²) in [5.41, 5.74) is 4.83. The van der Waals surface area contributed by atoms with Gasteiger partial charge in [0, 0.05) is 31.9 Å². The van der Waals surface area contributed by atoms with Gasteiger partial charge >= 0.3 is 5.69 Å². The lowest BCUT2D eigenvalue weighted by Gasteiger charge is -2.08. The maximum absolute atomic E-state index is 11.8. The summed E-state index contributed by atoms with van der Waals surface area (Å²) in [7, 11) is 0. The number of nitrogens with two attached hydrogens (primary N) is 1. The summed E-state index contributed by atoms with van der Waals surface area (Å²) in [5.74, 6) is 0. The van der Waals surface area contributed by atoms with Gasteiger partial charge in [0.2, 0.25) is 0 Å². The van der Waals surface area contributed by atoms with Gasteiger partial charge in [0.1, 0.15) is 0 Å². The number of unbranched alkanes of at least 4 members (excludes halogenated alkanes) is 2. The molecule has 1 aromatic heterocycles. The molecule has 0 saturated carbocycles. The Morgan fingerprint density at radius 3 is 2.62 bits per heavy atom. The third-order valence-electron chi connectivity index (χ3n) is 2.49. The molecular weight excluding hydrogens is 206 g/mol. The van der Waals surface area contributed by atoms with E-state index in [1.54, 1.807) is 10.8 Å². The molecule has 16 heavy (non-hydrogen) atoms. The Labute approximate surface area is 94.5 Å². The molecule has 0 fully saturated rings. The van der Waals surface area contributed by atoms with E-state index in [2.05, 4.69) is 6.92 Å². The molecule has 0 aliphatic carbocycles. The van der Waals surface area contributed by atoms with Gasteiger partial charge in [-0.15, -0.1) is 0 Å². The summed E-state index contributed by atoms with van der Waals surface area (Å²) in [6, 6.07) is 1.42. The van der Waals surface area contributed by atoms with E-state index in [1.165, 1.54) is 10.6 Å². The maximum Gasteiger partial charge on any atom is 0.331 e. The Morgan fingerprint density at radius 1 is 1.25 bits per heavy atom. The first-order chi connectivity index (χ1) is 7.70. The zero-order valence-corrected chi connectivity index (χ0v) is 9.69.